The average Bonchev–Trinajstić information content (AvgIpc) is 2.45. The first-order chi connectivity index (χ1) is 9.58. The van der Waals surface area contributed by atoms with Crippen LogP contribution in [0.5, 0.6) is 0 Å². The van der Waals surface area contributed by atoms with E-state index in [-0.39, 0.29) is 0 Å². The van der Waals surface area contributed by atoms with Crippen LogP contribution in [0.1, 0.15) is 11.1 Å². The maximum Gasteiger partial charge on any atom is 0.346 e. The number of nitro benzene ring substituents is 2. The van der Waals surface area contributed by atoms with Crippen molar-refractivity contribution in [3.05, 3.63) is 79.9 Å². The standard InChI is InChI=1S/C14H12N2O4/c17-15(18)13-9-8-12(10-14(13)16(19)20)7-6-11-4-2-1-3-5-11/h1-5,8-10H,6-7H2. The summed E-state index contributed by atoms with van der Waals surface area (Å²) in [5.41, 5.74) is 0.902. The molecule has 0 saturated heterocycles. The molecule has 2 rings (SSSR count). The maximum absolute atomic E-state index is 10.9. The minimum atomic E-state index is -0.737. The number of nitrogens with zero attached hydrogens (tertiary/aromatic N) is 2. The third kappa shape index (κ3) is 3.17. The van der Waals surface area contributed by atoms with Gasteiger partial charge in [-0.2, -0.15) is 0 Å². The van der Waals surface area contributed by atoms with Crippen molar-refractivity contribution in [2.75, 3.05) is 0 Å². The zero-order chi connectivity index (χ0) is 14.5. The summed E-state index contributed by atoms with van der Waals surface area (Å²) in [7, 11) is 0. The number of rotatable bonds is 5. The van der Waals surface area contributed by atoms with E-state index in [1.807, 2.05) is 30.3 Å². The first kappa shape index (κ1) is 13.7. The highest BCUT2D eigenvalue weighted by atomic mass is 16.6. The fraction of sp³-hybridized carbons (Fsp3) is 0.143. The third-order valence-electron chi connectivity index (χ3n) is 2.98. The lowest BCUT2D eigenvalue weighted by atomic mass is 10.0. The van der Waals surface area contributed by atoms with Gasteiger partial charge in [0.05, 0.1) is 9.85 Å². The van der Waals surface area contributed by atoms with Gasteiger partial charge in [0, 0.05) is 12.1 Å². The molecule has 2 aromatic rings. The predicted octanol–water partition coefficient (Wildman–Crippen LogP) is 3.29. The van der Waals surface area contributed by atoms with Crippen molar-refractivity contribution in [2.45, 2.75) is 12.8 Å². The fourth-order valence-electron chi connectivity index (χ4n) is 1.96. The van der Waals surface area contributed by atoms with Gasteiger partial charge in [-0.15, -0.1) is 0 Å². The van der Waals surface area contributed by atoms with Gasteiger partial charge in [-0.1, -0.05) is 36.4 Å². The zero-order valence-corrected chi connectivity index (χ0v) is 10.6. The Balaban J connectivity index is 2.19. The van der Waals surface area contributed by atoms with Crippen LogP contribution in [-0.4, -0.2) is 9.85 Å². The van der Waals surface area contributed by atoms with Gasteiger partial charge < -0.3 is 0 Å². The SMILES string of the molecule is O=[N+]([O-])c1ccc(CCc2ccccc2)cc1[N+](=O)[O-]. The quantitative estimate of drug-likeness (QED) is 0.617. The predicted molar refractivity (Wildman–Crippen MR) is 73.6 cm³/mol. The molecular weight excluding hydrogens is 260 g/mol. The lowest BCUT2D eigenvalue weighted by molar-refractivity contribution is -0.422. The number of nitro groups is 2. The molecule has 0 N–H and O–H groups in total. The normalized spacial score (nSPS) is 10.2. The zero-order valence-electron chi connectivity index (χ0n) is 10.6. The van der Waals surface area contributed by atoms with Crippen molar-refractivity contribution in [3.8, 4) is 0 Å². The summed E-state index contributed by atoms with van der Waals surface area (Å²) in [6, 6.07) is 13.7. The van der Waals surface area contributed by atoms with Crippen LogP contribution in [-0.2, 0) is 12.8 Å². The highest BCUT2D eigenvalue weighted by molar-refractivity contribution is 5.54. The molecule has 102 valence electrons. The summed E-state index contributed by atoms with van der Waals surface area (Å²) in [5, 5.41) is 21.6. The van der Waals surface area contributed by atoms with Gasteiger partial charge >= 0.3 is 11.4 Å². The van der Waals surface area contributed by atoms with Crippen molar-refractivity contribution in [1.29, 1.82) is 0 Å². The molecule has 6 nitrogen and oxygen atoms in total. The van der Waals surface area contributed by atoms with E-state index < -0.39 is 21.2 Å². The minimum Gasteiger partial charge on any atom is -0.258 e. The Hall–Kier alpha value is -2.76. The minimum absolute atomic E-state index is 0.458. The van der Waals surface area contributed by atoms with Gasteiger partial charge in [0.2, 0.25) is 0 Å². The van der Waals surface area contributed by atoms with E-state index in [0.29, 0.717) is 12.0 Å². The van der Waals surface area contributed by atoms with E-state index in [0.717, 1.165) is 12.0 Å². The maximum atomic E-state index is 10.9. The topological polar surface area (TPSA) is 86.3 Å². The van der Waals surface area contributed by atoms with Crippen molar-refractivity contribution in [1.82, 2.24) is 0 Å². The van der Waals surface area contributed by atoms with Crippen LogP contribution in [0.4, 0.5) is 11.4 Å². The molecule has 0 radical (unpaired) electrons. The van der Waals surface area contributed by atoms with Gasteiger partial charge in [0.25, 0.3) is 0 Å². The molecule has 0 aliphatic rings. The Bertz CT molecular complexity index is 641. The van der Waals surface area contributed by atoms with Crippen molar-refractivity contribution in [3.63, 3.8) is 0 Å². The van der Waals surface area contributed by atoms with Crippen LogP contribution in [0, 0.1) is 20.2 Å². The monoisotopic (exact) mass is 272 g/mol. The molecule has 0 bridgehead atoms. The summed E-state index contributed by atoms with van der Waals surface area (Å²) in [6.07, 6.45) is 1.33. The summed E-state index contributed by atoms with van der Waals surface area (Å²) < 4.78 is 0. The number of benzene rings is 2. The van der Waals surface area contributed by atoms with Gasteiger partial charge in [0.1, 0.15) is 0 Å². The highest BCUT2D eigenvalue weighted by Gasteiger charge is 2.23. The molecule has 2 aromatic carbocycles. The second-order valence-electron chi connectivity index (χ2n) is 4.32. The van der Waals surface area contributed by atoms with Crippen LogP contribution >= 0.6 is 0 Å². The average molecular weight is 272 g/mol. The number of hydrogen-bond acceptors (Lipinski definition) is 4. The number of hydrogen-bond donors (Lipinski definition) is 0. The molecule has 6 heteroatoms. The summed E-state index contributed by atoms with van der Waals surface area (Å²) >= 11 is 0. The van der Waals surface area contributed by atoms with E-state index in [1.165, 1.54) is 12.1 Å². The van der Waals surface area contributed by atoms with Gasteiger partial charge in [-0.3, -0.25) is 20.2 Å². The Labute approximate surface area is 115 Å². The third-order valence-corrected chi connectivity index (χ3v) is 2.98. The van der Waals surface area contributed by atoms with E-state index in [1.54, 1.807) is 6.07 Å². The molecule has 0 unspecified atom stereocenters. The molecule has 0 aromatic heterocycles. The van der Waals surface area contributed by atoms with Crippen LogP contribution in [0.25, 0.3) is 0 Å². The Kier molecular flexibility index (Phi) is 4.05. The van der Waals surface area contributed by atoms with Crippen LogP contribution in [0.3, 0.4) is 0 Å². The molecule has 0 fully saturated rings. The lowest BCUT2D eigenvalue weighted by Crippen LogP contribution is -1.99. The second-order valence-corrected chi connectivity index (χ2v) is 4.32. The van der Waals surface area contributed by atoms with Gasteiger partial charge in [0.15, 0.2) is 0 Å². The van der Waals surface area contributed by atoms with Crippen molar-refractivity contribution >= 4 is 11.4 Å². The number of aryl methyl sites for hydroxylation is 2. The molecule has 0 aliphatic carbocycles. The molecular formula is C14H12N2O4. The molecule has 0 atom stereocenters. The van der Waals surface area contributed by atoms with Gasteiger partial charge in [-0.05, 0) is 24.0 Å². The Morgan fingerprint density at radius 3 is 1.95 bits per heavy atom. The molecule has 0 heterocycles. The van der Waals surface area contributed by atoms with E-state index in [9.17, 15) is 20.2 Å². The second kappa shape index (κ2) is 5.92. The molecule has 0 amide bonds. The van der Waals surface area contributed by atoms with Crippen LogP contribution in [0.2, 0.25) is 0 Å². The molecule has 20 heavy (non-hydrogen) atoms. The molecule has 0 saturated carbocycles. The smallest absolute Gasteiger partial charge is 0.258 e. The highest BCUT2D eigenvalue weighted by Crippen LogP contribution is 2.27. The molecule has 0 spiro atoms. The largest absolute Gasteiger partial charge is 0.346 e. The van der Waals surface area contributed by atoms with Crippen molar-refractivity contribution in [2.24, 2.45) is 0 Å². The van der Waals surface area contributed by atoms with E-state index in [4.69, 9.17) is 0 Å². The first-order valence-electron chi connectivity index (χ1n) is 6.03. The summed E-state index contributed by atoms with van der Waals surface area (Å²) in [4.78, 5) is 20.1. The van der Waals surface area contributed by atoms with Crippen LogP contribution < -0.4 is 0 Å². The lowest BCUT2D eigenvalue weighted by Gasteiger charge is -2.02. The van der Waals surface area contributed by atoms with E-state index >= 15 is 0 Å². The first-order valence-corrected chi connectivity index (χ1v) is 6.03. The molecule has 0 aliphatic heterocycles. The summed E-state index contributed by atoms with van der Waals surface area (Å²) in [5.74, 6) is 0. The van der Waals surface area contributed by atoms with Crippen LogP contribution in [0.15, 0.2) is 48.5 Å². The van der Waals surface area contributed by atoms with Crippen molar-refractivity contribution < 1.29 is 9.85 Å². The Morgan fingerprint density at radius 2 is 1.35 bits per heavy atom. The van der Waals surface area contributed by atoms with Gasteiger partial charge in [-0.25, -0.2) is 0 Å². The Morgan fingerprint density at radius 1 is 0.750 bits per heavy atom. The van der Waals surface area contributed by atoms with E-state index in [2.05, 4.69) is 0 Å². The summed E-state index contributed by atoms with van der Waals surface area (Å²) in [6.45, 7) is 0. The fourth-order valence-corrected chi connectivity index (χ4v) is 1.96.